The summed E-state index contributed by atoms with van der Waals surface area (Å²) in [5.41, 5.74) is 2.23. The number of nitrogens with zero attached hydrogens (tertiary/aromatic N) is 1. The Morgan fingerprint density at radius 3 is 3.00 bits per heavy atom. The number of likely N-dealkylation sites (N-methyl/N-ethyl adjacent to an activating group) is 1. The summed E-state index contributed by atoms with van der Waals surface area (Å²) in [6.45, 7) is 2.99. The molecule has 0 saturated heterocycles. The van der Waals surface area contributed by atoms with Gasteiger partial charge >= 0.3 is 0 Å². The van der Waals surface area contributed by atoms with Gasteiger partial charge in [0, 0.05) is 24.0 Å². The van der Waals surface area contributed by atoms with E-state index >= 15 is 0 Å². The summed E-state index contributed by atoms with van der Waals surface area (Å²) in [5.74, 6) is 0. The van der Waals surface area contributed by atoms with Crippen LogP contribution in [0.4, 0.5) is 0 Å². The van der Waals surface area contributed by atoms with Gasteiger partial charge in [0.05, 0.1) is 17.5 Å². The zero-order chi connectivity index (χ0) is 12.1. The molecule has 0 fully saturated rings. The maximum Gasteiger partial charge on any atom is 0.0950 e. The van der Waals surface area contributed by atoms with Crippen LogP contribution in [0.1, 0.15) is 24.1 Å². The van der Waals surface area contributed by atoms with Gasteiger partial charge in [-0.3, -0.25) is 4.98 Å². The number of pyridine rings is 1. The number of aromatic nitrogens is 1. The molecule has 0 aliphatic carbocycles. The lowest BCUT2D eigenvalue weighted by Crippen LogP contribution is -2.22. The maximum atomic E-state index is 6.12. The molecule has 90 valence electrons. The molecule has 0 aromatic carbocycles. The number of halogens is 1. The molecule has 2 aromatic heterocycles. The van der Waals surface area contributed by atoms with Gasteiger partial charge < -0.3 is 9.73 Å². The third-order valence-electron chi connectivity index (χ3n) is 2.68. The Hall–Kier alpha value is -1.32. The maximum absolute atomic E-state index is 6.12. The molecule has 1 atom stereocenters. The zero-order valence-electron chi connectivity index (χ0n) is 9.69. The Morgan fingerprint density at radius 1 is 1.47 bits per heavy atom. The zero-order valence-corrected chi connectivity index (χ0v) is 10.4. The topological polar surface area (TPSA) is 38.1 Å². The van der Waals surface area contributed by atoms with E-state index in [4.69, 9.17) is 16.0 Å². The fourth-order valence-corrected chi connectivity index (χ4v) is 2.01. The third kappa shape index (κ3) is 3.08. The molecule has 0 radical (unpaired) electrons. The van der Waals surface area contributed by atoms with E-state index in [0.29, 0.717) is 5.02 Å². The SMILES string of the molecule is CCNC(Cc1ccncc1Cl)c1ccoc1. The predicted molar refractivity (Wildman–Crippen MR) is 68.1 cm³/mol. The van der Waals surface area contributed by atoms with Crippen LogP contribution in [-0.4, -0.2) is 11.5 Å². The van der Waals surface area contributed by atoms with Gasteiger partial charge in [-0.2, -0.15) is 0 Å². The van der Waals surface area contributed by atoms with Crippen LogP contribution in [0.2, 0.25) is 5.02 Å². The van der Waals surface area contributed by atoms with Crippen molar-refractivity contribution in [2.45, 2.75) is 19.4 Å². The Bertz CT molecular complexity index is 456. The first-order valence-corrected chi connectivity index (χ1v) is 6.03. The van der Waals surface area contributed by atoms with E-state index in [1.165, 1.54) is 0 Å². The smallest absolute Gasteiger partial charge is 0.0950 e. The molecule has 0 aliphatic heterocycles. The molecule has 4 heteroatoms. The second kappa shape index (κ2) is 5.84. The molecule has 2 aromatic rings. The summed E-state index contributed by atoms with van der Waals surface area (Å²) in [6, 6.07) is 4.15. The van der Waals surface area contributed by atoms with Crippen molar-refractivity contribution >= 4 is 11.6 Å². The van der Waals surface area contributed by atoms with Gasteiger partial charge in [-0.05, 0) is 30.7 Å². The summed E-state index contributed by atoms with van der Waals surface area (Å²) in [7, 11) is 0. The Labute approximate surface area is 106 Å². The summed E-state index contributed by atoms with van der Waals surface area (Å²) < 4.78 is 5.12. The van der Waals surface area contributed by atoms with Crippen LogP contribution < -0.4 is 5.32 Å². The highest BCUT2D eigenvalue weighted by Gasteiger charge is 2.13. The second-order valence-electron chi connectivity index (χ2n) is 3.84. The van der Waals surface area contributed by atoms with Crippen molar-refractivity contribution < 1.29 is 4.42 Å². The monoisotopic (exact) mass is 250 g/mol. The average molecular weight is 251 g/mol. The van der Waals surface area contributed by atoms with E-state index in [2.05, 4.69) is 17.2 Å². The molecule has 0 spiro atoms. The van der Waals surface area contributed by atoms with Crippen LogP contribution in [0.5, 0.6) is 0 Å². The molecule has 0 saturated carbocycles. The van der Waals surface area contributed by atoms with Crippen molar-refractivity contribution in [2.24, 2.45) is 0 Å². The lowest BCUT2D eigenvalue weighted by molar-refractivity contribution is 0.525. The average Bonchev–Trinajstić information content (AvgIpc) is 2.85. The highest BCUT2D eigenvalue weighted by atomic mass is 35.5. The molecular weight excluding hydrogens is 236 g/mol. The number of hydrogen-bond donors (Lipinski definition) is 1. The second-order valence-corrected chi connectivity index (χ2v) is 4.25. The molecule has 0 aliphatic rings. The van der Waals surface area contributed by atoms with Crippen molar-refractivity contribution in [1.82, 2.24) is 10.3 Å². The number of nitrogens with one attached hydrogen (secondary N) is 1. The summed E-state index contributed by atoms with van der Waals surface area (Å²) in [6.07, 6.45) is 7.72. The minimum absolute atomic E-state index is 0.221. The first kappa shape index (κ1) is 12.1. The molecule has 2 heterocycles. The van der Waals surface area contributed by atoms with Crippen LogP contribution in [0.3, 0.4) is 0 Å². The van der Waals surface area contributed by atoms with E-state index < -0.39 is 0 Å². The van der Waals surface area contributed by atoms with Crippen LogP contribution >= 0.6 is 11.6 Å². The van der Waals surface area contributed by atoms with Gasteiger partial charge in [0.15, 0.2) is 0 Å². The molecule has 2 rings (SSSR count). The molecule has 3 nitrogen and oxygen atoms in total. The van der Waals surface area contributed by atoms with Crippen molar-refractivity contribution in [2.75, 3.05) is 6.54 Å². The van der Waals surface area contributed by atoms with Gasteiger partial charge in [0.25, 0.3) is 0 Å². The molecule has 1 N–H and O–H groups in total. The molecule has 1 unspecified atom stereocenters. The fraction of sp³-hybridized carbons (Fsp3) is 0.308. The summed E-state index contributed by atoms with van der Waals surface area (Å²) in [5, 5.41) is 4.13. The predicted octanol–water partition coefficient (Wildman–Crippen LogP) is 3.22. The van der Waals surface area contributed by atoms with Crippen LogP contribution in [-0.2, 0) is 6.42 Å². The minimum Gasteiger partial charge on any atom is -0.472 e. The van der Waals surface area contributed by atoms with Gasteiger partial charge in [-0.25, -0.2) is 0 Å². The Balaban J connectivity index is 2.16. The molecule has 17 heavy (non-hydrogen) atoms. The fourth-order valence-electron chi connectivity index (χ4n) is 1.82. The highest BCUT2D eigenvalue weighted by molar-refractivity contribution is 6.31. The Kier molecular flexibility index (Phi) is 4.18. The highest BCUT2D eigenvalue weighted by Crippen LogP contribution is 2.23. The van der Waals surface area contributed by atoms with Gasteiger partial charge in [-0.15, -0.1) is 0 Å². The van der Waals surface area contributed by atoms with Crippen LogP contribution in [0, 0.1) is 0 Å². The first-order valence-electron chi connectivity index (χ1n) is 5.65. The minimum atomic E-state index is 0.221. The van der Waals surface area contributed by atoms with Gasteiger partial charge in [0.2, 0.25) is 0 Å². The molecule has 0 amide bonds. The first-order chi connectivity index (χ1) is 8.31. The Morgan fingerprint density at radius 2 is 2.35 bits per heavy atom. The van der Waals surface area contributed by atoms with E-state index in [1.54, 1.807) is 24.9 Å². The number of furan rings is 1. The lowest BCUT2D eigenvalue weighted by atomic mass is 10.0. The molecular formula is C13H15ClN2O. The van der Waals surface area contributed by atoms with Gasteiger partial charge in [0.1, 0.15) is 0 Å². The van der Waals surface area contributed by atoms with E-state index in [-0.39, 0.29) is 6.04 Å². The quantitative estimate of drug-likeness (QED) is 0.886. The van der Waals surface area contributed by atoms with E-state index in [1.807, 2.05) is 12.1 Å². The lowest BCUT2D eigenvalue weighted by Gasteiger charge is -2.16. The van der Waals surface area contributed by atoms with Crippen LogP contribution in [0.25, 0.3) is 0 Å². The summed E-state index contributed by atoms with van der Waals surface area (Å²) >= 11 is 6.12. The largest absolute Gasteiger partial charge is 0.472 e. The van der Waals surface area contributed by atoms with Crippen molar-refractivity contribution in [1.29, 1.82) is 0 Å². The van der Waals surface area contributed by atoms with Crippen molar-refractivity contribution in [3.63, 3.8) is 0 Å². The number of hydrogen-bond acceptors (Lipinski definition) is 3. The van der Waals surface area contributed by atoms with Crippen LogP contribution in [0.15, 0.2) is 41.5 Å². The normalized spacial score (nSPS) is 12.6. The standard InChI is InChI=1S/C13H15ClN2O/c1-2-16-13(11-4-6-17-9-11)7-10-3-5-15-8-12(10)14/h3-6,8-9,13,16H,2,7H2,1H3. The van der Waals surface area contributed by atoms with Gasteiger partial charge in [-0.1, -0.05) is 18.5 Å². The van der Waals surface area contributed by atoms with Crippen molar-refractivity contribution in [3.8, 4) is 0 Å². The third-order valence-corrected chi connectivity index (χ3v) is 3.02. The van der Waals surface area contributed by atoms with E-state index in [0.717, 1.165) is 24.1 Å². The summed E-state index contributed by atoms with van der Waals surface area (Å²) in [4.78, 5) is 3.99. The molecule has 0 bridgehead atoms. The van der Waals surface area contributed by atoms with Crippen molar-refractivity contribution in [3.05, 3.63) is 53.2 Å². The number of rotatable bonds is 5. The van der Waals surface area contributed by atoms with E-state index in [9.17, 15) is 0 Å².